The minimum Gasteiger partial charge on any atom is -0.397 e. The molecule has 0 aliphatic carbocycles. The molecule has 0 unspecified atom stereocenters. The average molecular weight is 301 g/mol. The van der Waals surface area contributed by atoms with Crippen LogP contribution in [0.15, 0.2) is 23.1 Å². The van der Waals surface area contributed by atoms with Gasteiger partial charge in [0.2, 0.25) is 10.0 Å². The molecule has 1 rings (SSSR count). The maximum absolute atomic E-state index is 12.0. The molecule has 20 heavy (non-hydrogen) atoms. The second kappa shape index (κ2) is 7.47. The molecule has 0 atom stereocenters. The first-order valence-electron chi connectivity index (χ1n) is 6.53. The smallest absolute Gasteiger partial charge is 0.242 e. The van der Waals surface area contributed by atoms with Crippen molar-refractivity contribution in [3.05, 3.63) is 18.2 Å². The molecule has 114 valence electrons. The molecule has 0 saturated carbocycles. The van der Waals surface area contributed by atoms with Gasteiger partial charge in [0.05, 0.1) is 16.3 Å². The number of nitrogens with one attached hydrogen (secondary N) is 1. The quantitative estimate of drug-likeness (QED) is 0.559. The Hall–Kier alpha value is -1.31. The zero-order valence-corrected chi connectivity index (χ0v) is 13.0. The van der Waals surface area contributed by atoms with Gasteiger partial charge >= 0.3 is 0 Å². The van der Waals surface area contributed by atoms with Gasteiger partial charge in [0.1, 0.15) is 0 Å². The van der Waals surface area contributed by atoms with Crippen LogP contribution in [0.5, 0.6) is 0 Å². The Bertz CT molecular complexity index is 530. The fraction of sp³-hybridized carbons (Fsp3) is 0.538. The summed E-state index contributed by atoms with van der Waals surface area (Å²) in [5, 5.41) is 3.14. The lowest BCUT2D eigenvalue weighted by molar-refractivity contribution is 0.147. The van der Waals surface area contributed by atoms with Crippen molar-refractivity contribution in [1.82, 2.24) is 4.31 Å². The van der Waals surface area contributed by atoms with E-state index < -0.39 is 10.0 Å². The normalized spacial score (nSPS) is 11.8. The van der Waals surface area contributed by atoms with Gasteiger partial charge in [-0.05, 0) is 31.5 Å². The van der Waals surface area contributed by atoms with Crippen molar-refractivity contribution in [3.8, 4) is 0 Å². The summed E-state index contributed by atoms with van der Waals surface area (Å²) in [7, 11) is -0.441. The van der Waals surface area contributed by atoms with Crippen LogP contribution in [-0.4, -0.2) is 46.6 Å². The molecular weight excluding hydrogens is 278 g/mol. The fourth-order valence-electron chi connectivity index (χ4n) is 1.60. The summed E-state index contributed by atoms with van der Waals surface area (Å²) in [4.78, 5) is 0.226. The van der Waals surface area contributed by atoms with E-state index in [1.807, 2.05) is 6.92 Å². The van der Waals surface area contributed by atoms with Gasteiger partial charge in [-0.25, -0.2) is 12.7 Å². The highest BCUT2D eigenvalue weighted by molar-refractivity contribution is 7.89. The summed E-state index contributed by atoms with van der Waals surface area (Å²) in [5.41, 5.74) is 7.00. The summed E-state index contributed by atoms with van der Waals surface area (Å²) in [6.45, 7) is 3.98. The van der Waals surface area contributed by atoms with Gasteiger partial charge in [0.15, 0.2) is 0 Å². The monoisotopic (exact) mass is 301 g/mol. The number of nitrogens with zero attached hydrogens (tertiary/aromatic N) is 1. The minimum atomic E-state index is -3.44. The van der Waals surface area contributed by atoms with Crippen LogP contribution in [0.4, 0.5) is 11.4 Å². The fourth-order valence-corrected chi connectivity index (χ4v) is 2.53. The molecule has 6 nitrogen and oxygen atoms in total. The average Bonchev–Trinajstić information content (AvgIpc) is 2.40. The number of sulfonamides is 1. The summed E-state index contributed by atoms with van der Waals surface area (Å²) in [6.07, 6.45) is 0.831. The number of benzene rings is 1. The molecular formula is C13H23N3O3S. The van der Waals surface area contributed by atoms with E-state index in [2.05, 4.69) is 5.32 Å². The Balaban J connectivity index is 2.77. The van der Waals surface area contributed by atoms with E-state index in [4.69, 9.17) is 10.5 Å². The summed E-state index contributed by atoms with van der Waals surface area (Å²) < 4.78 is 30.5. The molecule has 3 N–H and O–H groups in total. The first-order chi connectivity index (χ1) is 9.39. The molecule has 7 heteroatoms. The maximum atomic E-state index is 12.0. The number of ether oxygens (including phenoxy) is 1. The molecule has 0 fully saturated rings. The number of anilines is 2. The lowest BCUT2D eigenvalue weighted by Crippen LogP contribution is -2.22. The number of hydrogen-bond acceptors (Lipinski definition) is 5. The van der Waals surface area contributed by atoms with E-state index >= 15 is 0 Å². The van der Waals surface area contributed by atoms with Gasteiger partial charge in [-0.3, -0.25) is 0 Å². The number of nitrogen functional groups attached to an aromatic ring is 1. The Kier molecular flexibility index (Phi) is 6.25. The van der Waals surface area contributed by atoms with Gasteiger partial charge in [0.25, 0.3) is 0 Å². The summed E-state index contributed by atoms with van der Waals surface area (Å²) in [5.74, 6) is 0. The van der Waals surface area contributed by atoms with Gasteiger partial charge in [-0.2, -0.15) is 0 Å². The minimum absolute atomic E-state index is 0.226. The Morgan fingerprint density at radius 2 is 2.05 bits per heavy atom. The van der Waals surface area contributed by atoms with Crippen molar-refractivity contribution in [3.63, 3.8) is 0 Å². The van der Waals surface area contributed by atoms with E-state index in [9.17, 15) is 8.42 Å². The predicted octanol–water partition coefficient (Wildman–Crippen LogP) is 1.36. The SMILES string of the molecule is CCOCCCNc1cc(S(=O)(=O)N(C)C)ccc1N. The molecule has 0 heterocycles. The van der Waals surface area contributed by atoms with E-state index in [1.54, 1.807) is 12.1 Å². The molecule has 0 aliphatic heterocycles. The number of hydrogen-bond donors (Lipinski definition) is 2. The van der Waals surface area contributed by atoms with Crippen LogP contribution in [0.3, 0.4) is 0 Å². The van der Waals surface area contributed by atoms with E-state index in [0.717, 1.165) is 6.42 Å². The molecule has 0 aromatic heterocycles. The predicted molar refractivity (Wildman–Crippen MR) is 81.3 cm³/mol. The van der Waals surface area contributed by atoms with Crippen molar-refractivity contribution >= 4 is 21.4 Å². The standard InChI is InChI=1S/C13H23N3O3S/c1-4-19-9-5-8-15-13-10-11(6-7-12(13)14)20(17,18)16(2)3/h6-7,10,15H,4-5,8-9,14H2,1-3H3. The summed E-state index contributed by atoms with van der Waals surface area (Å²) >= 11 is 0. The lowest BCUT2D eigenvalue weighted by Gasteiger charge is -2.14. The third-order valence-corrected chi connectivity index (χ3v) is 4.60. The van der Waals surface area contributed by atoms with Gasteiger partial charge in [0, 0.05) is 33.9 Å². The molecule has 1 aromatic carbocycles. The lowest BCUT2D eigenvalue weighted by atomic mass is 10.2. The Morgan fingerprint density at radius 1 is 1.35 bits per heavy atom. The second-order valence-electron chi connectivity index (χ2n) is 4.51. The van der Waals surface area contributed by atoms with Crippen LogP contribution in [0, 0.1) is 0 Å². The molecule has 0 spiro atoms. The zero-order valence-electron chi connectivity index (χ0n) is 12.2. The third kappa shape index (κ3) is 4.36. The highest BCUT2D eigenvalue weighted by Gasteiger charge is 2.18. The largest absolute Gasteiger partial charge is 0.397 e. The molecule has 0 bridgehead atoms. The number of nitrogens with two attached hydrogens (primary N) is 1. The van der Waals surface area contributed by atoms with Crippen LogP contribution in [-0.2, 0) is 14.8 Å². The van der Waals surface area contributed by atoms with Crippen molar-refractivity contribution in [2.24, 2.45) is 0 Å². The highest BCUT2D eigenvalue weighted by Crippen LogP contribution is 2.24. The van der Waals surface area contributed by atoms with Crippen LogP contribution >= 0.6 is 0 Å². The number of rotatable bonds is 8. The Labute approximate surface area is 121 Å². The second-order valence-corrected chi connectivity index (χ2v) is 6.67. The molecule has 0 amide bonds. The van der Waals surface area contributed by atoms with E-state index in [1.165, 1.54) is 24.5 Å². The van der Waals surface area contributed by atoms with Crippen molar-refractivity contribution in [2.75, 3.05) is 44.9 Å². The van der Waals surface area contributed by atoms with Crippen LogP contribution in [0.25, 0.3) is 0 Å². The molecule has 0 radical (unpaired) electrons. The topological polar surface area (TPSA) is 84.7 Å². The van der Waals surface area contributed by atoms with Gasteiger partial charge < -0.3 is 15.8 Å². The van der Waals surface area contributed by atoms with Crippen LogP contribution in [0.1, 0.15) is 13.3 Å². The van der Waals surface area contributed by atoms with Crippen LogP contribution < -0.4 is 11.1 Å². The van der Waals surface area contributed by atoms with Crippen molar-refractivity contribution in [2.45, 2.75) is 18.2 Å². The van der Waals surface area contributed by atoms with Gasteiger partial charge in [-0.1, -0.05) is 0 Å². The van der Waals surface area contributed by atoms with Gasteiger partial charge in [-0.15, -0.1) is 0 Å². The van der Waals surface area contributed by atoms with E-state index in [-0.39, 0.29) is 4.90 Å². The third-order valence-electron chi connectivity index (χ3n) is 2.79. The maximum Gasteiger partial charge on any atom is 0.242 e. The molecule has 0 saturated heterocycles. The first kappa shape index (κ1) is 16.7. The molecule has 0 aliphatic rings. The molecule has 1 aromatic rings. The summed E-state index contributed by atoms with van der Waals surface area (Å²) in [6, 6.07) is 4.67. The first-order valence-corrected chi connectivity index (χ1v) is 7.97. The van der Waals surface area contributed by atoms with Crippen molar-refractivity contribution < 1.29 is 13.2 Å². The van der Waals surface area contributed by atoms with Crippen molar-refractivity contribution in [1.29, 1.82) is 0 Å². The highest BCUT2D eigenvalue weighted by atomic mass is 32.2. The van der Waals surface area contributed by atoms with E-state index in [0.29, 0.717) is 31.1 Å². The zero-order chi connectivity index (χ0) is 15.2. The Morgan fingerprint density at radius 3 is 2.65 bits per heavy atom. The van der Waals surface area contributed by atoms with Crippen LogP contribution in [0.2, 0.25) is 0 Å².